The van der Waals surface area contributed by atoms with E-state index in [1.54, 1.807) is 34.8 Å². The van der Waals surface area contributed by atoms with Crippen LogP contribution in [0.15, 0.2) is 192 Å². The van der Waals surface area contributed by atoms with Crippen molar-refractivity contribution < 1.29 is 28.5 Å². The average molecular weight is 1490 g/mol. The van der Waals surface area contributed by atoms with E-state index < -0.39 is 10.8 Å². The lowest BCUT2D eigenvalue weighted by atomic mass is 9.68. The highest BCUT2D eigenvalue weighted by molar-refractivity contribution is 7.14. The molecule has 558 valence electrons. The van der Waals surface area contributed by atoms with Gasteiger partial charge in [0.2, 0.25) is 0 Å². The van der Waals surface area contributed by atoms with Crippen LogP contribution >= 0.6 is 22.7 Å². The summed E-state index contributed by atoms with van der Waals surface area (Å²) < 4.78 is 26.4. The fourth-order valence-corrected chi connectivity index (χ4v) is 19.5. The molecule has 0 saturated heterocycles. The molecule has 4 aliphatic carbocycles. The molecule has 0 amide bonds. The molecule has 4 aliphatic rings. The highest BCUT2D eigenvalue weighted by atomic mass is 32.1. The normalized spacial score (nSPS) is 15.4. The molecule has 0 aliphatic heterocycles. The molecule has 10 nitrogen and oxygen atoms in total. The van der Waals surface area contributed by atoms with Crippen LogP contribution in [0.1, 0.15) is 267 Å². The summed E-state index contributed by atoms with van der Waals surface area (Å²) in [5.41, 5.74) is 11.0. The minimum absolute atomic E-state index is 0.142. The third-order valence-electron chi connectivity index (χ3n) is 22.3. The lowest BCUT2D eigenvalue weighted by molar-refractivity contribution is 0.103. The number of ketones is 2. The van der Waals surface area contributed by atoms with Crippen LogP contribution in [0, 0.1) is 35.8 Å². The molecular weight excluding hydrogens is 1390 g/mol. The van der Waals surface area contributed by atoms with Crippen molar-refractivity contribution in [3.8, 4) is 57.4 Å². The number of nitrogens with zero attached hydrogens (tertiary/aromatic N) is 4. The number of carbonyl (C=O) groups is 2. The molecular formula is C98H98N4O6S2. The number of nitriles is 2. The maximum atomic E-state index is 14.9. The number of rotatable bonds is 38. The highest BCUT2D eigenvalue weighted by Gasteiger charge is 2.54. The molecule has 0 N–H and O–H groups in total. The average Bonchev–Trinajstić information content (AvgIpc) is 1.50. The Morgan fingerprint density at radius 2 is 0.636 bits per heavy atom. The first-order valence-electron chi connectivity index (χ1n) is 40.3. The molecule has 0 fully saturated rings. The number of hydrogen-bond donors (Lipinski definition) is 0. The van der Waals surface area contributed by atoms with Gasteiger partial charge in [0.15, 0.2) is 11.6 Å². The van der Waals surface area contributed by atoms with Gasteiger partial charge in [-0.3, -0.25) is 9.59 Å². The second-order valence-electron chi connectivity index (χ2n) is 29.5. The van der Waals surface area contributed by atoms with Gasteiger partial charge in [-0.25, -0.2) is 20.2 Å². The van der Waals surface area contributed by atoms with Gasteiger partial charge in [0.1, 0.15) is 23.0 Å². The van der Waals surface area contributed by atoms with Crippen molar-refractivity contribution in [3.05, 3.63) is 290 Å². The molecule has 0 atom stereocenters. The van der Waals surface area contributed by atoms with Gasteiger partial charge in [-0.2, -0.15) is 0 Å². The van der Waals surface area contributed by atoms with Gasteiger partial charge in [0, 0.05) is 52.9 Å². The van der Waals surface area contributed by atoms with Crippen molar-refractivity contribution in [2.45, 2.75) is 193 Å². The smallest absolute Gasteiger partial charge is 0.270 e. The number of unbranched alkanes of at least 4 members (excludes halogenated alkanes) is 20. The molecule has 9 aromatic rings. The van der Waals surface area contributed by atoms with Crippen LogP contribution in [0.5, 0.6) is 23.0 Å². The first-order valence-corrected chi connectivity index (χ1v) is 41.9. The number of fused-ring (bicyclic) bond motifs is 8. The number of hydrogen-bond acceptors (Lipinski definition) is 10. The molecule has 0 unspecified atom stereocenters. The van der Waals surface area contributed by atoms with Crippen molar-refractivity contribution in [1.82, 2.24) is 0 Å². The summed E-state index contributed by atoms with van der Waals surface area (Å²) in [7, 11) is 0. The number of allylic oxidation sites excluding steroid dienone is 6. The van der Waals surface area contributed by atoms with Gasteiger partial charge in [0.25, 0.3) is 11.4 Å². The molecule has 110 heavy (non-hydrogen) atoms. The van der Waals surface area contributed by atoms with E-state index in [4.69, 9.17) is 32.1 Å². The van der Waals surface area contributed by atoms with Crippen molar-refractivity contribution in [2.24, 2.45) is 0 Å². The number of thiophene rings is 2. The van der Waals surface area contributed by atoms with E-state index in [0.717, 1.165) is 150 Å². The fourth-order valence-electron chi connectivity index (χ4n) is 16.8. The van der Waals surface area contributed by atoms with Crippen LogP contribution in [0.3, 0.4) is 0 Å². The zero-order valence-electron chi connectivity index (χ0n) is 64.2. The topological polar surface area (TPSA) is 127 Å². The van der Waals surface area contributed by atoms with Crippen LogP contribution in [0.4, 0.5) is 0 Å². The SMILES string of the molecule is [C-]#[N+]C(C#N)=C1/C(=C/c2cc3c(s2)C(c2ccc(OCCCCCCCC)cc2)(c2ccc(OCCCCCCCC)cc2)c2cc4c(cc2-3)C(c2ccc(OCCCCCCCC)cc2)(c2ccc(OCCCCCCCC)cc2)c2sc(/C=C3\C(=O)c5ccccc5\C3=C(\C#N)[N+]#[C-])cc2-4)C(=O)c2ccccc21. The fraction of sp³-hybridized carbons (Fsp3) is 0.347. The summed E-state index contributed by atoms with van der Waals surface area (Å²) in [6.07, 6.45) is 31.3. The van der Waals surface area contributed by atoms with E-state index >= 15 is 0 Å². The van der Waals surface area contributed by atoms with Crippen molar-refractivity contribution in [3.63, 3.8) is 0 Å². The maximum Gasteiger partial charge on any atom is 0.270 e. The Morgan fingerprint density at radius 1 is 0.364 bits per heavy atom. The Bertz CT molecular complexity index is 4640. The molecule has 0 radical (unpaired) electrons. The molecule has 0 bridgehead atoms. The summed E-state index contributed by atoms with van der Waals surface area (Å²) in [6, 6.07) is 62.6. The van der Waals surface area contributed by atoms with Gasteiger partial charge >= 0.3 is 0 Å². The van der Waals surface area contributed by atoms with Gasteiger partial charge in [-0.05, 0) is 177 Å². The predicted molar refractivity (Wildman–Crippen MR) is 448 cm³/mol. The van der Waals surface area contributed by atoms with Crippen molar-refractivity contribution in [1.29, 1.82) is 10.5 Å². The Balaban J connectivity index is 1.05. The second kappa shape index (κ2) is 36.7. The molecule has 12 heteroatoms. The van der Waals surface area contributed by atoms with Gasteiger partial charge in [0.05, 0.1) is 62.5 Å². The Kier molecular flexibility index (Phi) is 25.9. The van der Waals surface area contributed by atoms with Crippen LogP contribution in [-0.2, 0) is 10.8 Å². The quantitative estimate of drug-likeness (QED) is 0.0162. The molecule has 0 saturated carbocycles. The number of carbonyl (C=O) groups excluding carboxylic acids is 2. The standard InChI is InChI=1S/C98H98N4O6S2/c1-7-11-15-19-23-31-55-105-71-47-39-67(40-48-71)97(68-41-49-72(50-42-68)106-56-32-24-20-16-12-8-2)87-63-82-84-60-76(62-86-92(90(66-100)102-6)78-36-28-30-38-80(78)94(86)104)110-96(84)98(69-43-51-73(52-44-69)107-57-33-25-21-17-13-9-3,70-45-53-74(54-46-70)108-58-34-26-22-18-14-10-4)88(82)64-81(87)83-59-75(109-95(83)97)61-85-91(89(65-99)101-5)77-35-27-29-37-79(77)93(85)103/h27-30,35-54,59-64H,7-26,31-34,55-58H2,1-4H3/b85-61-,86-62-,91-89+,92-90?. The van der Waals surface area contributed by atoms with E-state index in [-0.39, 0.29) is 23.0 Å². The van der Waals surface area contributed by atoms with Crippen LogP contribution in [0.25, 0.3) is 55.2 Å². The summed E-state index contributed by atoms with van der Waals surface area (Å²) in [6.45, 7) is 27.9. The van der Waals surface area contributed by atoms with Crippen LogP contribution in [-0.4, -0.2) is 38.0 Å². The lowest BCUT2D eigenvalue weighted by Gasteiger charge is -2.35. The van der Waals surface area contributed by atoms with Gasteiger partial charge < -0.3 is 18.9 Å². The number of ether oxygens (including phenoxy) is 4. The molecule has 0 spiro atoms. The first-order chi connectivity index (χ1) is 54.1. The second-order valence-corrected chi connectivity index (χ2v) is 31.7. The van der Waals surface area contributed by atoms with E-state index in [9.17, 15) is 20.1 Å². The van der Waals surface area contributed by atoms with Gasteiger partial charge in [-0.15, -0.1) is 22.7 Å². The largest absolute Gasteiger partial charge is 0.494 e. The number of benzene rings is 7. The van der Waals surface area contributed by atoms with Gasteiger partial charge in [-0.1, -0.05) is 253 Å². The third-order valence-corrected chi connectivity index (χ3v) is 24.7. The summed E-state index contributed by atoms with van der Waals surface area (Å²) in [5, 5.41) is 21.2. The van der Waals surface area contributed by atoms with Crippen LogP contribution in [0.2, 0.25) is 0 Å². The molecule has 2 heterocycles. The van der Waals surface area contributed by atoms with E-state index in [0.29, 0.717) is 71.0 Å². The van der Waals surface area contributed by atoms with E-state index in [1.807, 2.05) is 48.6 Å². The highest BCUT2D eigenvalue weighted by Crippen LogP contribution is 2.66. The first kappa shape index (κ1) is 77.6. The summed E-state index contributed by atoms with van der Waals surface area (Å²) in [5.74, 6) is 2.62. The minimum Gasteiger partial charge on any atom is -0.494 e. The maximum absolute atomic E-state index is 14.9. The lowest BCUT2D eigenvalue weighted by Crippen LogP contribution is -2.29. The Hall–Kier alpha value is -10.6. The number of Topliss-reactive ketones (excluding diaryl/α,β-unsaturated/α-hetero) is 2. The summed E-state index contributed by atoms with van der Waals surface area (Å²) in [4.78, 5) is 40.9. The molecule has 7 aromatic carbocycles. The third kappa shape index (κ3) is 15.8. The minimum atomic E-state index is -1.03. The zero-order chi connectivity index (χ0) is 76.4. The summed E-state index contributed by atoms with van der Waals surface area (Å²) >= 11 is 3.22. The van der Waals surface area contributed by atoms with Crippen LogP contribution < -0.4 is 18.9 Å². The molecule has 13 rings (SSSR count). The monoisotopic (exact) mass is 1490 g/mol. The molecule has 2 aromatic heterocycles. The van der Waals surface area contributed by atoms with Crippen molar-refractivity contribution in [2.75, 3.05) is 26.4 Å². The van der Waals surface area contributed by atoms with Crippen molar-refractivity contribution >= 4 is 57.5 Å². The zero-order valence-corrected chi connectivity index (χ0v) is 65.8. The Labute approximate surface area is 659 Å². The Morgan fingerprint density at radius 3 is 0.909 bits per heavy atom. The predicted octanol–water partition coefficient (Wildman–Crippen LogP) is 26.4. The van der Waals surface area contributed by atoms with E-state index in [2.05, 4.69) is 171 Å². The van der Waals surface area contributed by atoms with E-state index in [1.165, 1.54) is 103 Å².